The van der Waals surface area contributed by atoms with Gasteiger partial charge in [0.15, 0.2) is 5.41 Å². The molecule has 0 bridgehead atoms. The SMILES string of the molecule is Cc1ccc(CCC(=O)NCCOC(=O)C2(C#N)CCCC2)cc1. The first-order valence-corrected chi connectivity index (χ1v) is 8.46. The van der Waals surface area contributed by atoms with Gasteiger partial charge < -0.3 is 10.1 Å². The fraction of sp³-hybridized carbons (Fsp3) is 0.526. The lowest BCUT2D eigenvalue weighted by Gasteiger charge is -2.18. The summed E-state index contributed by atoms with van der Waals surface area (Å²) < 4.78 is 5.17. The standard InChI is InChI=1S/C19H24N2O3/c1-15-4-6-16(7-5-15)8-9-17(22)21-12-13-24-18(23)19(14-20)10-2-3-11-19/h4-7H,2-3,8-13H2,1H3,(H,21,22). The van der Waals surface area contributed by atoms with E-state index in [2.05, 4.69) is 11.4 Å². The molecule has 1 fully saturated rings. The second-order valence-electron chi connectivity index (χ2n) is 6.37. The Bertz CT molecular complexity index is 610. The van der Waals surface area contributed by atoms with Crippen molar-refractivity contribution in [2.24, 2.45) is 5.41 Å². The highest BCUT2D eigenvalue weighted by Crippen LogP contribution is 2.38. The molecule has 1 aromatic carbocycles. The van der Waals surface area contributed by atoms with Crippen LogP contribution in [0.2, 0.25) is 0 Å². The number of benzene rings is 1. The molecule has 0 heterocycles. The number of carbonyl (C=O) groups is 2. The van der Waals surface area contributed by atoms with Crippen LogP contribution < -0.4 is 5.32 Å². The molecule has 2 rings (SSSR count). The van der Waals surface area contributed by atoms with Gasteiger partial charge in [-0.3, -0.25) is 9.59 Å². The minimum absolute atomic E-state index is 0.0671. The Morgan fingerprint density at radius 2 is 1.92 bits per heavy atom. The van der Waals surface area contributed by atoms with Gasteiger partial charge in [-0.05, 0) is 31.7 Å². The fourth-order valence-electron chi connectivity index (χ4n) is 2.91. The molecule has 1 aliphatic rings. The summed E-state index contributed by atoms with van der Waals surface area (Å²) in [7, 11) is 0. The van der Waals surface area contributed by atoms with E-state index in [1.807, 2.05) is 31.2 Å². The average Bonchev–Trinajstić information content (AvgIpc) is 3.08. The van der Waals surface area contributed by atoms with Crippen molar-refractivity contribution >= 4 is 11.9 Å². The molecule has 0 aliphatic heterocycles. The number of nitriles is 1. The third-order valence-electron chi connectivity index (χ3n) is 4.48. The molecule has 24 heavy (non-hydrogen) atoms. The van der Waals surface area contributed by atoms with Crippen molar-refractivity contribution < 1.29 is 14.3 Å². The highest BCUT2D eigenvalue weighted by molar-refractivity contribution is 5.80. The first-order valence-electron chi connectivity index (χ1n) is 8.46. The molecule has 5 heteroatoms. The lowest BCUT2D eigenvalue weighted by molar-refractivity contribution is -0.152. The zero-order valence-electron chi connectivity index (χ0n) is 14.1. The fourth-order valence-corrected chi connectivity index (χ4v) is 2.91. The Kier molecular flexibility index (Phi) is 6.36. The summed E-state index contributed by atoms with van der Waals surface area (Å²) >= 11 is 0. The number of rotatable bonds is 7. The molecule has 0 radical (unpaired) electrons. The molecule has 1 N–H and O–H groups in total. The first kappa shape index (κ1) is 18.0. The highest BCUT2D eigenvalue weighted by atomic mass is 16.5. The van der Waals surface area contributed by atoms with Gasteiger partial charge in [0, 0.05) is 6.42 Å². The van der Waals surface area contributed by atoms with Crippen LogP contribution in [0.25, 0.3) is 0 Å². The van der Waals surface area contributed by atoms with Crippen molar-refractivity contribution in [1.82, 2.24) is 5.32 Å². The molecule has 128 valence electrons. The van der Waals surface area contributed by atoms with Crippen molar-refractivity contribution in [1.29, 1.82) is 5.26 Å². The Balaban J connectivity index is 1.63. The van der Waals surface area contributed by atoms with E-state index in [9.17, 15) is 14.9 Å². The number of carbonyl (C=O) groups excluding carboxylic acids is 2. The van der Waals surface area contributed by atoms with Crippen LogP contribution in [-0.4, -0.2) is 25.0 Å². The van der Waals surface area contributed by atoms with E-state index in [1.54, 1.807) is 0 Å². The molecule has 1 aliphatic carbocycles. The number of aryl methyl sites for hydroxylation is 2. The minimum atomic E-state index is -0.963. The van der Waals surface area contributed by atoms with Gasteiger partial charge in [0.25, 0.3) is 0 Å². The summed E-state index contributed by atoms with van der Waals surface area (Å²) in [5.41, 5.74) is 1.36. The first-order chi connectivity index (χ1) is 11.6. The van der Waals surface area contributed by atoms with Gasteiger partial charge in [-0.1, -0.05) is 42.7 Å². The number of nitrogens with one attached hydrogen (secondary N) is 1. The second-order valence-corrected chi connectivity index (χ2v) is 6.37. The summed E-state index contributed by atoms with van der Waals surface area (Å²) in [6, 6.07) is 10.2. The van der Waals surface area contributed by atoms with Crippen molar-refractivity contribution in [3.63, 3.8) is 0 Å². The molecule has 0 unspecified atom stereocenters. The van der Waals surface area contributed by atoms with E-state index < -0.39 is 11.4 Å². The van der Waals surface area contributed by atoms with E-state index in [4.69, 9.17) is 4.74 Å². The molecule has 1 saturated carbocycles. The van der Waals surface area contributed by atoms with Crippen LogP contribution >= 0.6 is 0 Å². The van der Waals surface area contributed by atoms with Crippen molar-refractivity contribution in [2.45, 2.75) is 45.4 Å². The van der Waals surface area contributed by atoms with Crippen LogP contribution in [0.3, 0.4) is 0 Å². The smallest absolute Gasteiger partial charge is 0.326 e. The van der Waals surface area contributed by atoms with E-state index in [-0.39, 0.29) is 19.1 Å². The van der Waals surface area contributed by atoms with Crippen LogP contribution in [0, 0.1) is 23.7 Å². The quantitative estimate of drug-likeness (QED) is 0.616. The number of nitrogens with zero attached hydrogens (tertiary/aromatic N) is 1. The van der Waals surface area contributed by atoms with Crippen LogP contribution in [0.1, 0.15) is 43.2 Å². The van der Waals surface area contributed by atoms with E-state index in [0.717, 1.165) is 18.4 Å². The van der Waals surface area contributed by atoms with Crippen LogP contribution in [0.4, 0.5) is 0 Å². The van der Waals surface area contributed by atoms with Crippen molar-refractivity contribution in [2.75, 3.05) is 13.2 Å². The maximum atomic E-state index is 12.0. The summed E-state index contributed by atoms with van der Waals surface area (Å²) in [4.78, 5) is 23.8. The summed E-state index contributed by atoms with van der Waals surface area (Å²) in [5, 5.41) is 11.9. The normalized spacial score (nSPS) is 15.5. The molecule has 0 saturated heterocycles. The zero-order chi connectivity index (χ0) is 17.4. The Hall–Kier alpha value is -2.35. The molecule has 0 aromatic heterocycles. The number of ether oxygens (including phenoxy) is 1. The summed E-state index contributed by atoms with van der Waals surface area (Å²) in [6.07, 6.45) is 4.01. The van der Waals surface area contributed by atoms with Gasteiger partial charge in [0.2, 0.25) is 5.91 Å². The van der Waals surface area contributed by atoms with Gasteiger partial charge in [-0.15, -0.1) is 0 Å². The predicted molar refractivity (Wildman–Crippen MR) is 90.0 cm³/mol. The van der Waals surface area contributed by atoms with Gasteiger partial charge in [-0.2, -0.15) is 5.26 Å². The lowest BCUT2D eigenvalue weighted by Crippen LogP contribution is -2.32. The third kappa shape index (κ3) is 4.82. The molecule has 1 aromatic rings. The van der Waals surface area contributed by atoms with Crippen molar-refractivity contribution in [3.8, 4) is 6.07 Å². The average molecular weight is 328 g/mol. The monoisotopic (exact) mass is 328 g/mol. The minimum Gasteiger partial charge on any atom is -0.463 e. The Labute approximate surface area is 143 Å². The number of esters is 1. The maximum Gasteiger partial charge on any atom is 0.326 e. The summed E-state index contributed by atoms with van der Waals surface area (Å²) in [5.74, 6) is -0.515. The number of hydrogen-bond donors (Lipinski definition) is 1. The third-order valence-corrected chi connectivity index (χ3v) is 4.48. The Morgan fingerprint density at radius 1 is 1.25 bits per heavy atom. The van der Waals surface area contributed by atoms with Gasteiger partial charge in [-0.25, -0.2) is 0 Å². The molecule has 0 atom stereocenters. The summed E-state index contributed by atoms with van der Waals surface area (Å²) in [6.45, 7) is 2.41. The van der Waals surface area contributed by atoms with Gasteiger partial charge in [0.05, 0.1) is 12.6 Å². The molecular formula is C19H24N2O3. The lowest BCUT2D eigenvalue weighted by atomic mass is 9.88. The van der Waals surface area contributed by atoms with E-state index >= 15 is 0 Å². The molecule has 5 nitrogen and oxygen atoms in total. The van der Waals surface area contributed by atoms with Crippen LogP contribution in [0.5, 0.6) is 0 Å². The largest absolute Gasteiger partial charge is 0.463 e. The Morgan fingerprint density at radius 3 is 2.54 bits per heavy atom. The van der Waals surface area contributed by atoms with Gasteiger partial charge >= 0.3 is 5.97 Å². The van der Waals surface area contributed by atoms with Crippen LogP contribution in [-0.2, 0) is 20.7 Å². The van der Waals surface area contributed by atoms with E-state index in [1.165, 1.54) is 5.56 Å². The van der Waals surface area contributed by atoms with Crippen molar-refractivity contribution in [3.05, 3.63) is 35.4 Å². The second kappa shape index (κ2) is 8.49. The van der Waals surface area contributed by atoms with Gasteiger partial charge in [0.1, 0.15) is 6.61 Å². The molecular weight excluding hydrogens is 304 g/mol. The molecule has 0 spiro atoms. The highest BCUT2D eigenvalue weighted by Gasteiger charge is 2.42. The number of amides is 1. The van der Waals surface area contributed by atoms with E-state index in [0.29, 0.717) is 25.7 Å². The number of hydrogen-bond acceptors (Lipinski definition) is 4. The van der Waals surface area contributed by atoms with Crippen LogP contribution in [0.15, 0.2) is 24.3 Å². The maximum absolute atomic E-state index is 12.0. The molecule has 1 amide bonds. The topological polar surface area (TPSA) is 79.2 Å². The predicted octanol–water partition coefficient (Wildman–Crippen LogP) is 2.67. The zero-order valence-corrected chi connectivity index (χ0v) is 14.1.